The van der Waals surface area contributed by atoms with Crippen LogP contribution in [0.3, 0.4) is 0 Å². The first-order chi connectivity index (χ1) is 8.12. The predicted octanol–water partition coefficient (Wildman–Crippen LogP) is 2.06. The van der Waals surface area contributed by atoms with Gasteiger partial charge in [-0.25, -0.2) is 0 Å². The van der Waals surface area contributed by atoms with Crippen LogP contribution in [0.15, 0.2) is 12.3 Å². The van der Waals surface area contributed by atoms with E-state index in [0.29, 0.717) is 6.04 Å². The molecule has 1 unspecified atom stereocenters. The third-order valence-corrected chi connectivity index (χ3v) is 3.41. The first kappa shape index (κ1) is 14.2. The third-order valence-electron chi connectivity index (χ3n) is 3.41. The van der Waals surface area contributed by atoms with Gasteiger partial charge in [-0.3, -0.25) is 9.58 Å². The standard InChI is InChI=1S/C13H25N3O/c1-5-13(6-2)16-8-7-12(14-16)9-15(4)11(3)10-17/h7-8,11,13,17H,5-6,9-10H2,1-4H3. The Morgan fingerprint density at radius 3 is 2.59 bits per heavy atom. The molecule has 0 radical (unpaired) electrons. The van der Waals surface area contributed by atoms with Crippen molar-refractivity contribution in [2.24, 2.45) is 0 Å². The smallest absolute Gasteiger partial charge is 0.0764 e. The number of aliphatic hydroxyl groups is 1. The lowest BCUT2D eigenvalue weighted by Gasteiger charge is -2.21. The molecular weight excluding hydrogens is 214 g/mol. The van der Waals surface area contributed by atoms with Crippen LogP contribution in [0.25, 0.3) is 0 Å². The third kappa shape index (κ3) is 3.82. The summed E-state index contributed by atoms with van der Waals surface area (Å²) in [6.07, 6.45) is 4.28. The Hall–Kier alpha value is -0.870. The van der Waals surface area contributed by atoms with Gasteiger partial charge >= 0.3 is 0 Å². The Morgan fingerprint density at radius 1 is 1.41 bits per heavy atom. The van der Waals surface area contributed by atoms with Crippen molar-refractivity contribution in [2.75, 3.05) is 13.7 Å². The van der Waals surface area contributed by atoms with Crippen molar-refractivity contribution in [3.05, 3.63) is 18.0 Å². The molecule has 0 fully saturated rings. The number of likely N-dealkylation sites (N-methyl/N-ethyl adjacent to an activating group) is 1. The van der Waals surface area contributed by atoms with Crippen LogP contribution >= 0.6 is 0 Å². The lowest BCUT2D eigenvalue weighted by atomic mass is 10.2. The van der Waals surface area contributed by atoms with Crippen molar-refractivity contribution in [3.8, 4) is 0 Å². The molecule has 4 heteroatoms. The molecule has 0 saturated heterocycles. The largest absolute Gasteiger partial charge is 0.395 e. The minimum atomic E-state index is 0.174. The summed E-state index contributed by atoms with van der Waals surface area (Å²) in [5.74, 6) is 0. The maximum atomic E-state index is 9.09. The molecule has 0 aromatic carbocycles. The second-order valence-corrected chi connectivity index (χ2v) is 4.70. The second kappa shape index (κ2) is 6.77. The molecule has 1 N–H and O–H groups in total. The van der Waals surface area contributed by atoms with Crippen LogP contribution in [0.5, 0.6) is 0 Å². The van der Waals surface area contributed by atoms with Crippen LogP contribution in [-0.2, 0) is 6.54 Å². The molecular formula is C13H25N3O. The minimum Gasteiger partial charge on any atom is -0.395 e. The van der Waals surface area contributed by atoms with E-state index in [2.05, 4.69) is 40.8 Å². The van der Waals surface area contributed by atoms with E-state index in [1.165, 1.54) is 0 Å². The van der Waals surface area contributed by atoms with Crippen LogP contribution in [-0.4, -0.2) is 39.5 Å². The van der Waals surface area contributed by atoms with Gasteiger partial charge in [0.05, 0.1) is 18.3 Å². The average Bonchev–Trinajstić information content (AvgIpc) is 2.78. The van der Waals surface area contributed by atoms with Crippen LogP contribution < -0.4 is 0 Å². The first-order valence-electron chi connectivity index (χ1n) is 6.47. The van der Waals surface area contributed by atoms with Crippen LogP contribution in [0, 0.1) is 0 Å². The summed E-state index contributed by atoms with van der Waals surface area (Å²) in [4.78, 5) is 2.11. The van der Waals surface area contributed by atoms with E-state index in [1.807, 2.05) is 14.0 Å². The number of nitrogens with zero attached hydrogens (tertiary/aromatic N) is 3. The Kier molecular flexibility index (Phi) is 5.65. The molecule has 1 aromatic rings. The molecule has 0 bridgehead atoms. The Labute approximate surface area is 104 Å². The quantitative estimate of drug-likeness (QED) is 0.792. The van der Waals surface area contributed by atoms with Gasteiger partial charge in [-0.05, 0) is 32.9 Å². The summed E-state index contributed by atoms with van der Waals surface area (Å²) >= 11 is 0. The van der Waals surface area contributed by atoms with Crippen molar-refractivity contribution in [2.45, 2.75) is 52.2 Å². The molecule has 1 heterocycles. The van der Waals surface area contributed by atoms with Gasteiger partial charge in [-0.15, -0.1) is 0 Å². The molecule has 1 rings (SSSR count). The molecule has 0 spiro atoms. The Balaban J connectivity index is 2.62. The van der Waals surface area contributed by atoms with Crippen molar-refractivity contribution < 1.29 is 5.11 Å². The van der Waals surface area contributed by atoms with Gasteiger partial charge in [0.25, 0.3) is 0 Å². The Bertz CT molecular complexity index is 320. The fourth-order valence-corrected chi connectivity index (χ4v) is 1.88. The van der Waals surface area contributed by atoms with Gasteiger partial charge in [-0.2, -0.15) is 5.10 Å². The maximum Gasteiger partial charge on any atom is 0.0764 e. The number of hydrogen-bond donors (Lipinski definition) is 1. The fraction of sp³-hybridized carbons (Fsp3) is 0.769. The van der Waals surface area contributed by atoms with E-state index in [1.54, 1.807) is 0 Å². The van der Waals surface area contributed by atoms with E-state index in [0.717, 1.165) is 25.1 Å². The zero-order chi connectivity index (χ0) is 12.8. The molecule has 1 atom stereocenters. The highest BCUT2D eigenvalue weighted by Gasteiger charge is 2.12. The van der Waals surface area contributed by atoms with E-state index in [4.69, 9.17) is 5.11 Å². The molecule has 0 aliphatic rings. The molecule has 0 aliphatic carbocycles. The lowest BCUT2D eigenvalue weighted by molar-refractivity contribution is 0.152. The summed E-state index contributed by atoms with van der Waals surface area (Å²) in [5, 5.41) is 13.7. The fourth-order valence-electron chi connectivity index (χ4n) is 1.88. The average molecular weight is 239 g/mol. The van der Waals surface area contributed by atoms with E-state index in [9.17, 15) is 0 Å². The van der Waals surface area contributed by atoms with E-state index < -0.39 is 0 Å². The van der Waals surface area contributed by atoms with Gasteiger partial charge in [0.1, 0.15) is 0 Å². The molecule has 0 aliphatic heterocycles. The summed E-state index contributed by atoms with van der Waals surface area (Å²) in [7, 11) is 2.01. The number of hydrogen-bond acceptors (Lipinski definition) is 3. The number of aromatic nitrogens is 2. The van der Waals surface area contributed by atoms with Gasteiger partial charge < -0.3 is 5.11 Å². The van der Waals surface area contributed by atoms with Crippen LogP contribution in [0.1, 0.15) is 45.3 Å². The summed E-state index contributed by atoms with van der Waals surface area (Å²) < 4.78 is 2.06. The molecule has 4 nitrogen and oxygen atoms in total. The minimum absolute atomic E-state index is 0.174. The lowest BCUT2D eigenvalue weighted by Crippen LogP contribution is -2.31. The van der Waals surface area contributed by atoms with Gasteiger partial charge in [0.2, 0.25) is 0 Å². The first-order valence-corrected chi connectivity index (χ1v) is 6.47. The van der Waals surface area contributed by atoms with Crippen molar-refractivity contribution in [1.82, 2.24) is 14.7 Å². The topological polar surface area (TPSA) is 41.3 Å². The highest BCUT2D eigenvalue weighted by molar-refractivity contribution is 4.99. The summed E-state index contributed by atoms with van der Waals surface area (Å²) in [6.45, 7) is 7.36. The summed E-state index contributed by atoms with van der Waals surface area (Å²) in [6, 6.07) is 2.75. The predicted molar refractivity (Wildman–Crippen MR) is 69.9 cm³/mol. The van der Waals surface area contributed by atoms with Crippen molar-refractivity contribution in [3.63, 3.8) is 0 Å². The Morgan fingerprint density at radius 2 is 2.06 bits per heavy atom. The summed E-state index contributed by atoms with van der Waals surface area (Å²) in [5.41, 5.74) is 1.07. The SMILES string of the molecule is CCC(CC)n1ccc(CN(C)C(C)CO)n1. The zero-order valence-corrected chi connectivity index (χ0v) is 11.4. The zero-order valence-electron chi connectivity index (χ0n) is 11.4. The van der Waals surface area contributed by atoms with E-state index in [-0.39, 0.29) is 12.6 Å². The molecule has 17 heavy (non-hydrogen) atoms. The normalized spacial score (nSPS) is 13.6. The van der Waals surface area contributed by atoms with Crippen molar-refractivity contribution in [1.29, 1.82) is 0 Å². The van der Waals surface area contributed by atoms with Gasteiger partial charge in [0, 0.05) is 18.8 Å². The molecule has 1 aromatic heterocycles. The molecule has 0 saturated carbocycles. The number of rotatable bonds is 7. The van der Waals surface area contributed by atoms with Crippen molar-refractivity contribution >= 4 is 0 Å². The maximum absolute atomic E-state index is 9.09. The number of aliphatic hydroxyl groups excluding tert-OH is 1. The monoisotopic (exact) mass is 239 g/mol. The van der Waals surface area contributed by atoms with E-state index >= 15 is 0 Å². The van der Waals surface area contributed by atoms with Crippen LogP contribution in [0.2, 0.25) is 0 Å². The van der Waals surface area contributed by atoms with Gasteiger partial charge in [-0.1, -0.05) is 13.8 Å². The molecule has 0 amide bonds. The highest BCUT2D eigenvalue weighted by Crippen LogP contribution is 2.15. The van der Waals surface area contributed by atoms with Gasteiger partial charge in [0.15, 0.2) is 0 Å². The van der Waals surface area contributed by atoms with Crippen LogP contribution in [0.4, 0.5) is 0 Å². The highest BCUT2D eigenvalue weighted by atomic mass is 16.3. The molecule has 98 valence electrons. The second-order valence-electron chi connectivity index (χ2n) is 4.70.